The molecule has 102 valence electrons. The summed E-state index contributed by atoms with van der Waals surface area (Å²) in [6.45, 7) is 2.86. The second-order valence-corrected chi connectivity index (χ2v) is 5.85. The zero-order valence-electron chi connectivity index (χ0n) is 11.4. The Balaban J connectivity index is 1.76. The number of carbonyl (C=O) groups excluding carboxylic acids is 1. The van der Waals surface area contributed by atoms with E-state index in [1.165, 1.54) is 11.1 Å². The molecule has 2 atom stereocenters. The van der Waals surface area contributed by atoms with Gasteiger partial charge >= 0.3 is 5.97 Å². The van der Waals surface area contributed by atoms with Gasteiger partial charge in [0.25, 0.3) is 0 Å². The molecule has 0 aromatic heterocycles. The first-order chi connectivity index (χ1) is 9.19. The van der Waals surface area contributed by atoms with Crippen molar-refractivity contribution in [3.8, 4) is 0 Å². The Labute approximate surface area is 114 Å². The van der Waals surface area contributed by atoms with Gasteiger partial charge in [-0.2, -0.15) is 0 Å². The zero-order valence-corrected chi connectivity index (χ0v) is 11.4. The van der Waals surface area contributed by atoms with Gasteiger partial charge in [-0.3, -0.25) is 4.79 Å². The number of aryl methyl sites for hydroxylation is 1. The van der Waals surface area contributed by atoms with Gasteiger partial charge in [-0.25, -0.2) is 0 Å². The third kappa shape index (κ3) is 2.39. The highest BCUT2D eigenvalue weighted by Crippen LogP contribution is 2.34. The summed E-state index contributed by atoms with van der Waals surface area (Å²) in [6.07, 6.45) is 5.00. The predicted octanol–water partition coefficient (Wildman–Crippen LogP) is 2.75. The molecule has 1 heterocycles. The molecule has 1 fully saturated rings. The van der Waals surface area contributed by atoms with E-state index >= 15 is 0 Å². The maximum Gasteiger partial charge on any atom is 0.326 e. The SMILES string of the molecule is CC1(C(=O)OC2CCCc3ccccc32)CCCN1. The van der Waals surface area contributed by atoms with E-state index < -0.39 is 5.54 Å². The lowest BCUT2D eigenvalue weighted by Gasteiger charge is -2.29. The van der Waals surface area contributed by atoms with E-state index in [1.807, 2.05) is 13.0 Å². The molecule has 0 saturated carbocycles. The number of rotatable bonds is 2. The number of carbonyl (C=O) groups is 1. The molecule has 3 heteroatoms. The van der Waals surface area contributed by atoms with Crippen LogP contribution in [-0.2, 0) is 16.0 Å². The average Bonchev–Trinajstić information content (AvgIpc) is 2.87. The molecule has 3 nitrogen and oxygen atoms in total. The molecule has 0 amide bonds. The van der Waals surface area contributed by atoms with E-state index in [2.05, 4.69) is 23.5 Å². The quantitative estimate of drug-likeness (QED) is 0.830. The molecule has 0 bridgehead atoms. The maximum absolute atomic E-state index is 12.4. The van der Waals surface area contributed by atoms with Crippen LogP contribution in [0.2, 0.25) is 0 Å². The van der Waals surface area contributed by atoms with E-state index in [0.29, 0.717) is 0 Å². The van der Waals surface area contributed by atoms with Crippen molar-refractivity contribution in [3.05, 3.63) is 35.4 Å². The number of esters is 1. The third-order valence-electron chi connectivity index (χ3n) is 4.38. The summed E-state index contributed by atoms with van der Waals surface area (Å²) < 4.78 is 5.80. The molecule has 1 aromatic carbocycles. The van der Waals surface area contributed by atoms with Gasteiger partial charge in [0.1, 0.15) is 11.6 Å². The first-order valence-corrected chi connectivity index (χ1v) is 7.23. The van der Waals surface area contributed by atoms with Gasteiger partial charge in [0.15, 0.2) is 0 Å². The minimum Gasteiger partial charge on any atom is -0.456 e. The lowest BCUT2D eigenvalue weighted by molar-refractivity contribution is -0.157. The number of benzene rings is 1. The number of hydrogen-bond donors (Lipinski definition) is 1. The molecular weight excluding hydrogens is 238 g/mol. The highest BCUT2D eigenvalue weighted by Gasteiger charge is 2.39. The van der Waals surface area contributed by atoms with Crippen molar-refractivity contribution in [2.45, 2.75) is 50.7 Å². The van der Waals surface area contributed by atoms with E-state index in [9.17, 15) is 4.79 Å². The van der Waals surface area contributed by atoms with Crippen molar-refractivity contribution in [2.75, 3.05) is 6.54 Å². The molecule has 0 spiro atoms. The van der Waals surface area contributed by atoms with Crippen LogP contribution in [0.25, 0.3) is 0 Å². The van der Waals surface area contributed by atoms with Crippen molar-refractivity contribution >= 4 is 5.97 Å². The molecule has 1 saturated heterocycles. The predicted molar refractivity (Wildman–Crippen MR) is 73.9 cm³/mol. The van der Waals surface area contributed by atoms with Crippen molar-refractivity contribution < 1.29 is 9.53 Å². The fourth-order valence-electron chi connectivity index (χ4n) is 3.16. The number of nitrogens with one attached hydrogen (secondary N) is 1. The second-order valence-electron chi connectivity index (χ2n) is 5.85. The Morgan fingerprint density at radius 2 is 2.21 bits per heavy atom. The Bertz CT molecular complexity index is 477. The molecule has 3 rings (SSSR count). The van der Waals surface area contributed by atoms with Gasteiger partial charge in [-0.05, 0) is 56.7 Å². The highest BCUT2D eigenvalue weighted by molar-refractivity contribution is 5.81. The molecule has 19 heavy (non-hydrogen) atoms. The largest absolute Gasteiger partial charge is 0.456 e. The second kappa shape index (κ2) is 4.97. The molecule has 1 N–H and O–H groups in total. The van der Waals surface area contributed by atoms with Crippen LogP contribution >= 0.6 is 0 Å². The number of fused-ring (bicyclic) bond motifs is 1. The maximum atomic E-state index is 12.4. The summed E-state index contributed by atoms with van der Waals surface area (Å²) >= 11 is 0. The summed E-state index contributed by atoms with van der Waals surface area (Å²) in [7, 11) is 0. The minimum atomic E-state index is -0.480. The lowest BCUT2D eigenvalue weighted by Crippen LogP contribution is -2.46. The van der Waals surface area contributed by atoms with Crippen LogP contribution in [0.15, 0.2) is 24.3 Å². The van der Waals surface area contributed by atoms with Gasteiger partial charge in [0, 0.05) is 0 Å². The Hall–Kier alpha value is -1.35. The summed E-state index contributed by atoms with van der Waals surface area (Å²) in [5, 5.41) is 3.27. The normalized spacial score (nSPS) is 29.8. The van der Waals surface area contributed by atoms with Crippen molar-refractivity contribution in [3.63, 3.8) is 0 Å². The van der Waals surface area contributed by atoms with Crippen LogP contribution in [0.1, 0.15) is 49.8 Å². The molecule has 0 radical (unpaired) electrons. The molecule has 1 aliphatic heterocycles. The molecule has 1 aromatic rings. The van der Waals surface area contributed by atoms with Crippen LogP contribution < -0.4 is 5.32 Å². The Morgan fingerprint density at radius 3 is 3.00 bits per heavy atom. The Kier molecular flexibility index (Phi) is 3.31. The van der Waals surface area contributed by atoms with Gasteiger partial charge in [0.05, 0.1) is 0 Å². The number of ether oxygens (including phenoxy) is 1. The molecule has 2 aliphatic rings. The van der Waals surface area contributed by atoms with Crippen molar-refractivity contribution in [1.29, 1.82) is 0 Å². The number of hydrogen-bond acceptors (Lipinski definition) is 3. The topological polar surface area (TPSA) is 38.3 Å². The highest BCUT2D eigenvalue weighted by atomic mass is 16.5. The van der Waals surface area contributed by atoms with Crippen molar-refractivity contribution in [1.82, 2.24) is 5.32 Å². The summed E-state index contributed by atoms with van der Waals surface area (Å²) in [5.41, 5.74) is 2.05. The van der Waals surface area contributed by atoms with Gasteiger partial charge < -0.3 is 10.1 Å². The molecule has 1 aliphatic carbocycles. The third-order valence-corrected chi connectivity index (χ3v) is 4.38. The minimum absolute atomic E-state index is 0.0586. The van der Waals surface area contributed by atoms with Gasteiger partial charge in [0.2, 0.25) is 0 Å². The monoisotopic (exact) mass is 259 g/mol. The Morgan fingerprint density at radius 1 is 1.37 bits per heavy atom. The van der Waals surface area contributed by atoms with Crippen LogP contribution in [-0.4, -0.2) is 18.1 Å². The lowest BCUT2D eigenvalue weighted by atomic mass is 9.89. The van der Waals surface area contributed by atoms with Crippen LogP contribution in [0.3, 0.4) is 0 Å². The average molecular weight is 259 g/mol. The summed E-state index contributed by atoms with van der Waals surface area (Å²) in [5.74, 6) is -0.0910. The first kappa shape index (κ1) is 12.7. The summed E-state index contributed by atoms with van der Waals surface area (Å²) in [6, 6.07) is 8.32. The standard InChI is InChI=1S/C16H21NO2/c1-16(10-5-11-17-16)15(18)19-14-9-4-7-12-6-2-3-8-13(12)14/h2-3,6,8,14,17H,4-5,7,9-11H2,1H3. The van der Waals surface area contributed by atoms with E-state index in [-0.39, 0.29) is 12.1 Å². The van der Waals surface area contributed by atoms with Crippen LogP contribution in [0.4, 0.5) is 0 Å². The summed E-state index contributed by atoms with van der Waals surface area (Å²) in [4.78, 5) is 12.4. The zero-order chi connectivity index (χ0) is 13.3. The van der Waals surface area contributed by atoms with E-state index in [4.69, 9.17) is 4.74 Å². The first-order valence-electron chi connectivity index (χ1n) is 7.23. The van der Waals surface area contributed by atoms with E-state index in [0.717, 1.165) is 38.6 Å². The smallest absolute Gasteiger partial charge is 0.326 e. The van der Waals surface area contributed by atoms with Crippen molar-refractivity contribution in [2.24, 2.45) is 0 Å². The van der Waals surface area contributed by atoms with E-state index in [1.54, 1.807) is 0 Å². The van der Waals surface area contributed by atoms with Gasteiger partial charge in [-0.15, -0.1) is 0 Å². The molecular formula is C16H21NO2. The fraction of sp³-hybridized carbons (Fsp3) is 0.562. The van der Waals surface area contributed by atoms with Crippen LogP contribution in [0.5, 0.6) is 0 Å². The van der Waals surface area contributed by atoms with Gasteiger partial charge in [-0.1, -0.05) is 24.3 Å². The fourth-order valence-corrected chi connectivity index (χ4v) is 3.16. The van der Waals surface area contributed by atoms with Crippen LogP contribution in [0, 0.1) is 0 Å². The molecule has 2 unspecified atom stereocenters.